The van der Waals surface area contributed by atoms with E-state index < -0.39 is 11.8 Å². The minimum Gasteiger partial charge on any atom is -0.491 e. The Kier molecular flexibility index (Phi) is 4.09. The Morgan fingerprint density at radius 2 is 2.27 bits per heavy atom. The highest BCUT2D eigenvalue weighted by atomic mass is 19.1. The zero-order valence-electron chi connectivity index (χ0n) is 8.50. The Bertz CT molecular complexity index is 350. The lowest BCUT2D eigenvalue weighted by atomic mass is 10.1. The Morgan fingerprint density at radius 1 is 1.53 bits per heavy atom. The molecule has 4 heteroatoms. The number of aliphatic carboxylic acids is 1. The monoisotopic (exact) mass is 212 g/mol. The van der Waals surface area contributed by atoms with Gasteiger partial charge in [-0.05, 0) is 31.0 Å². The summed E-state index contributed by atoms with van der Waals surface area (Å²) in [6, 6.07) is 4.51. The topological polar surface area (TPSA) is 46.5 Å². The van der Waals surface area contributed by atoms with Gasteiger partial charge >= 0.3 is 5.97 Å². The first-order chi connectivity index (χ1) is 7.13. The van der Waals surface area contributed by atoms with Gasteiger partial charge in [0.25, 0.3) is 0 Å². The van der Waals surface area contributed by atoms with E-state index in [4.69, 9.17) is 9.84 Å². The van der Waals surface area contributed by atoms with Crippen LogP contribution in [-0.2, 0) is 11.2 Å². The number of hydrogen-bond donors (Lipinski definition) is 1. The van der Waals surface area contributed by atoms with Gasteiger partial charge in [-0.15, -0.1) is 0 Å². The van der Waals surface area contributed by atoms with E-state index in [0.717, 1.165) is 0 Å². The molecule has 0 aliphatic heterocycles. The zero-order chi connectivity index (χ0) is 11.3. The predicted octanol–water partition coefficient (Wildman–Crippen LogP) is 2.24. The van der Waals surface area contributed by atoms with Gasteiger partial charge in [0.05, 0.1) is 6.61 Å². The summed E-state index contributed by atoms with van der Waals surface area (Å²) in [5, 5.41) is 8.46. The van der Waals surface area contributed by atoms with Crippen LogP contribution in [0.25, 0.3) is 0 Å². The van der Waals surface area contributed by atoms with Crippen molar-refractivity contribution in [2.45, 2.75) is 19.8 Å². The number of ether oxygens (including phenoxy) is 1. The highest BCUT2D eigenvalue weighted by Gasteiger charge is 2.05. The number of carboxylic acid groups (broad SMARTS) is 1. The maximum absolute atomic E-state index is 13.3. The molecule has 0 aromatic heterocycles. The van der Waals surface area contributed by atoms with Crippen LogP contribution in [0.5, 0.6) is 5.75 Å². The fourth-order valence-corrected chi connectivity index (χ4v) is 1.22. The molecule has 1 N–H and O–H groups in total. The molecule has 1 rings (SSSR count). The van der Waals surface area contributed by atoms with E-state index in [9.17, 15) is 9.18 Å². The Hall–Kier alpha value is -1.58. The molecular weight excluding hydrogens is 199 g/mol. The molecule has 82 valence electrons. The number of rotatable bonds is 5. The van der Waals surface area contributed by atoms with Gasteiger partial charge in [-0.3, -0.25) is 4.79 Å². The predicted molar refractivity (Wildman–Crippen MR) is 53.5 cm³/mol. The summed E-state index contributed by atoms with van der Waals surface area (Å²) in [6.07, 6.45) is 0.339. The molecule has 0 heterocycles. The third kappa shape index (κ3) is 3.58. The molecule has 0 aliphatic carbocycles. The van der Waals surface area contributed by atoms with Crippen LogP contribution in [0.3, 0.4) is 0 Å². The first-order valence-electron chi connectivity index (χ1n) is 4.76. The van der Waals surface area contributed by atoms with Gasteiger partial charge in [-0.25, -0.2) is 4.39 Å². The maximum Gasteiger partial charge on any atom is 0.303 e. The highest BCUT2D eigenvalue weighted by Crippen LogP contribution is 2.18. The van der Waals surface area contributed by atoms with Crippen molar-refractivity contribution >= 4 is 5.97 Å². The summed E-state index contributed by atoms with van der Waals surface area (Å²) in [6.45, 7) is 2.18. The second-order valence-electron chi connectivity index (χ2n) is 3.09. The fourth-order valence-electron chi connectivity index (χ4n) is 1.22. The van der Waals surface area contributed by atoms with Crippen molar-refractivity contribution in [2.75, 3.05) is 6.61 Å². The van der Waals surface area contributed by atoms with Gasteiger partial charge in [0, 0.05) is 6.42 Å². The third-order valence-electron chi connectivity index (χ3n) is 1.92. The summed E-state index contributed by atoms with van der Waals surface area (Å²) in [5.41, 5.74) is 0.665. The average molecular weight is 212 g/mol. The van der Waals surface area contributed by atoms with Crippen LogP contribution in [0.15, 0.2) is 18.2 Å². The molecule has 0 atom stereocenters. The molecule has 15 heavy (non-hydrogen) atoms. The summed E-state index contributed by atoms with van der Waals surface area (Å²) < 4.78 is 18.3. The molecule has 3 nitrogen and oxygen atoms in total. The van der Waals surface area contributed by atoms with E-state index >= 15 is 0 Å². The van der Waals surface area contributed by atoms with Gasteiger partial charge in [-0.1, -0.05) is 6.07 Å². The van der Waals surface area contributed by atoms with E-state index in [1.807, 2.05) is 0 Å². The van der Waals surface area contributed by atoms with E-state index in [2.05, 4.69) is 0 Å². The zero-order valence-corrected chi connectivity index (χ0v) is 8.50. The van der Waals surface area contributed by atoms with Crippen LogP contribution in [-0.4, -0.2) is 17.7 Å². The first kappa shape index (κ1) is 11.5. The molecule has 1 aromatic rings. The Balaban J connectivity index is 2.68. The van der Waals surface area contributed by atoms with E-state index in [-0.39, 0.29) is 12.2 Å². The molecule has 0 spiro atoms. The third-order valence-corrected chi connectivity index (χ3v) is 1.92. The molecule has 0 unspecified atom stereocenters. The second-order valence-corrected chi connectivity index (χ2v) is 3.09. The van der Waals surface area contributed by atoms with E-state index in [1.54, 1.807) is 13.0 Å². The van der Waals surface area contributed by atoms with Crippen LogP contribution >= 0.6 is 0 Å². The molecule has 0 radical (unpaired) electrons. The minimum atomic E-state index is -0.885. The lowest BCUT2D eigenvalue weighted by Gasteiger charge is -2.05. The number of aryl methyl sites for hydroxylation is 1. The van der Waals surface area contributed by atoms with Gasteiger partial charge in [0.2, 0.25) is 0 Å². The lowest BCUT2D eigenvalue weighted by Crippen LogP contribution is -1.99. The minimum absolute atomic E-state index is 0.00736. The normalized spacial score (nSPS) is 10.0. The smallest absolute Gasteiger partial charge is 0.303 e. The summed E-state index contributed by atoms with van der Waals surface area (Å²) >= 11 is 0. The van der Waals surface area contributed by atoms with Crippen molar-refractivity contribution in [3.63, 3.8) is 0 Å². The van der Waals surface area contributed by atoms with Crippen LogP contribution in [0.1, 0.15) is 18.9 Å². The van der Waals surface area contributed by atoms with Crippen molar-refractivity contribution in [1.82, 2.24) is 0 Å². The second kappa shape index (κ2) is 5.34. The summed E-state index contributed by atoms with van der Waals surface area (Å²) in [7, 11) is 0. The molecule has 0 bridgehead atoms. The molecular formula is C11H13FO3. The molecule has 0 aliphatic rings. The number of hydrogen-bond acceptors (Lipinski definition) is 2. The van der Waals surface area contributed by atoms with Crippen LogP contribution in [0.4, 0.5) is 4.39 Å². The molecule has 0 saturated heterocycles. The van der Waals surface area contributed by atoms with Crippen molar-refractivity contribution in [3.05, 3.63) is 29.6 Å². The summed E-state index contributed by atoms with van der Waals surface area (Å²) in [5.74, 6) is -1.12. The number of carboxylic acids is 1. The van der Waals surface area contributed by atoms with Crippen LogP contribution < -0.4 is 4.74 Å². The van der Waals surface area contributed by atoms with Crippen LogP contribution in [0, 0.1) is 5.82 Å². The SMILES string of the molecule is CCOc1ccc(CCC(=O)O)cc1F. The van der Waals surface area contributed by atoms with Crippen LogP contribution in [0.2, 0.25) is 0 Å². The molecule has 0 saturated carbocycles. The largest absolute Gasteiger partial charge is 0.491 e. The highest BCUT2D eigenvalue weighted by molar-refractivity contribution is 5.67. The fraction of sp³-hybridized carbons (Fsp3) is 0.364. The number of carbonyl (C=O) groups is 1. The van der Waals surface area contributed by atoms with Gasteiger partial charge in [-0.2, -0.15) is 0 Å². The number of benzene rings is 1. The van der Waals surface area contributed by atoms with Crippen molar-refractivity contribution < 1.29 is 19.0 Å². The maximum atomic E-state index is 13.3. The Labute approximate surface area is 87.5 Å². The number of halogens is 1. The average Bonchev–Trinajstić information content (AvgIpc) is 2.19. The van der Waals surface area contributed by atoms with Gasteiger partial charge < -0.3 is 9.84 Å². The standard InChI is InChI=1S/C11H13FO3/c1-2-15-10-5-3-8(7-9(10)12)4-6-11(13)14/h3,5,7H,2,4,6H2,1H3,(H,13,14). The van der Waals surface area contributed by atoms with Gasteiger partial charge in [0.15, 0.2) is 11.6 Å². The lowest BCUT2D eigenvalue weighted by molar-refractivity contribution is -0.136. The van der Waals surface area contributed by atoms with E-state index in [0.29, 0.717) is 18.6 Å². The quantitative estimate of drug-likeness (QED) is 0.814. The summed E-state index contributed by atoms with van der Waals surface area (Å²) in [4.78, 5) is 10.3. The Morgan fingerprint density at radius 3 is 2.80 bits per heavy atom. The van der Waals surface area contributed by atoms with Crippen molar-refractivity contribution in [2.24, 2.45) is 0 Å². The molecule has 0 amide bonds. The van der Waals surface area contributed by atoms with Crippen molar-refractivity contribution in [1.29, 1.82) is 0 Å². The first-order valence-corrected chi connectivity index (χ1v) is 4.76. The molecule has 1 aromatic carbocycles. The van der Waals surface area contributed by atoms with Crippen molar-refractivity contribution in [3.8, 4) is 5.75 Å². The van der Waals surface area contributed by atoms with Gasteiger partial charge in [0.1, 0.15) is 0 Å². The van der Waals surface area contributed by atoms with E-state index in [1.165, 1.54) is 12.1 Å². The molecule has 0 fully saturated rings.